The minimum atomic E-state index is -4.37. The molecule has 1 heterocycles. The molecule has 1 atom stereocenters. The molecule has 1 unspecified atom stereocenters. The summed E-state index contributed by atoms with van der Waals surface area (Å²) >= 11 is 0. The summed E-state index contributed by atoms with van der Waals surface area (Å²) in [5, 5.41) is 0. The van der Waals surface area contributed by atoms with Crippen molar-refractivity contribution < 1.29 is 18.0 Å². The molecular weight excluding hydrogens is 279 g/mol. The van der Waals surface area contributed by atoms with E-state index in [4.69, 9.17) is 0 Å². The first-order valence-corrected chi connectivity index (χ1v) is 6.43. The lowest BCUT2D eigenvalue weighted by molar-refractivity contribution is -0.137. The van der Waals surface area contributed by atoms with E-state index in [0.29, 0.717) is 5.56 Å². The molecule has 0 aromatic heterocycles. The molecule has 0 spiro atoms. The molecule has 0 bridgehead atoms. The van der Waals surface area contributed by atoms with Crippen molar-refractivity contribution in [3.05, 3.63) is 65.2 Å². The smallest absolute Gasteiger partial charge is 0.314 e. The number of hydrogen-bond donors (Lipinski definition) is 0. The minimum Gasteiger partial charge on any atom is -0.314 e. The third-order valence-electron chi connectivity index (χ3n) is 3.76. The number of nitrogens with zero attached hydrogens (tertiary/aromatic N) is 1. The number of carbonyl (C=O) groups excluding carboxylic acids is 1. The molecule has 1 aliphatic rings. The summed E-state index contributed by atoms with van der Waals surface area (Å²) in [7, 11) is 1.67. The number of alkyl halides is 3. The number of fused-ring (bicyclic) bond motifs is 1. The Bertz CT molecular complexity index is 691. The highest BCUT2D eigenvalue weighted by Gasteiger charge is 2.36. The summed E-state index contributed by atoms with van der Waals surface area (Å²) < 4.78 is 37.8. The van der Waals surface area contributed by atoms with Crippen molar-refractivity contribution in [1.29, 1.82) is 0 Å². The SMILES string of the molecule is CN1C(=O)C(c2ccc(C(F)(F)F)cc2)c2ccccc21. The highest BCUT2D eigenvalue weighted by molar-refractivity contribution is 6.06. The fourth-order valence-electron chi connectivity index (χ4n) is 2.67. The van der Waals surface area contributed by atoms with E-state index in [1.807, 2.05) is 24.3 Å². The Kier molecular flexibility index (Phi) is 3.01. The summed E-state index contributed by atoms with van der Waals surface area (Å²) in [5.41, 5.74) is 1.49. The second kappa shape index (κ2) is 4.62. The molecule has 0 aliphatic carbocycles. The van der Waals surface area contributed by atoms with Crippen LogP contribution in [0.5, 0.6) is 0 Å². The molecule has 5 heteroatoms. The lowest BCUT2D eigenvalue weighted by atomic mass is 9.92. The van der Waals surface area contributed by atoms with Gasteiger partial charge in [0.1, 0.15) is 0 Å². The predicted molar refractivity (Wildman–Crippen MR) is 73.1 cm³/mol. The number of benzene rings is 2. The number of carbonyl (C=O) groups is 1. The molecule has 2 aromatic carbocycles. The van der Waals surface area contributed by atoms with Gasteiger partial charge >= 0.3 is 6.18 Å². The van der Waals surface area contributed by atoms with Gasteiger partial charge in [-0.15, -0.1) is 0 Å². The van der Waals surface area contributed by atoms with Crippen molar-refractivity contribution in [2.24, 2.45) is 0 Å². The van der Waals surface area contributed by atoms with E-state index >= 15 is 0 Å². The number of amides is 1. The molecule has 2 aromatic rings. The molecule has 1 amide bonds. The Morgan fingerprint density at radius 1 is 1.00 bits per heavy atom. The fraction of sp³-hybridized carbons (Fsp3) is 0.188. The highest BCUT2D eigenvalue weighted by atomic mass is 19.4. The Hall–Kier alpha value is -2.30. The van der Waals surface area contributed by atoms with Gasteiger partial charge < -0.3 is 4.90 Å². The van der Waals surface area contributed by atoms with E-state index in [-0.39, 0.29) is 5.91 Å². The quantitative estimate of drug-likeness (QED) is 0.782. The molecule has 0 N–H and O–H groups in total. The van der Waals surface area contributed by atoms with Crippen molar-refractivity contribution in [2.45, 2.75) is 12.1 Å². The minimum absolute atomic E-state index is 0.129. The van der Waals surface area contributed by atoms with Crippen molar-refractivity contribution in [3.63, 3.8) is 0 Å². The molecule has 3 rings (SSSR count). The first-order chi connectivity index (χ1) is 9.89. The van der Waals surface area contributed by atoms with Crippen LogP contribution in [0.1, 0.15) is 22.6 Å². The summed E-state index contributed by atoms with van der Waals surface area (Å²) in [6.07, 6.45) is -4.37. The van der Waals surface area contributed by atoms with Crippen molar-refractivity contribution in [1.82, 2.24) is 0 Å². The fourth-order valence-corrected chi connectivity index (χ4v) is 2.67. The predicted octanol–water partition coefficient (Wildman–Crippen LogP) is 3.81. The van der Waals surface area contributed by atoms with Crippen LogP contribution in [0.25, 0.3) is 0 Å². The molecule has 0 radical (unpaired) electrons. The van der Waals surface area contributed by atoms with Crippen LogP contribution in [-0.4, -0.2) is 13.0 Å². The maximum Gasteiger partial charge on any atom is 0.416 e. The van der Waals surface area contributed by atoms with Gasteiger partial charge in [-0.1, -0.05) is 30.3 Å². The van der Waals surface area contributed by atoms with Gasteiger partial charge in [0.05, 0.1) is 11.5 Å². The summed E-state index contributed by atoms with van der Waals surface area (Å²) in [6.45, 7) is 0. The average Bonchev–Trinajstić information content (AvgIpc) is 2.71. The summed E-state index contributed by atoms with van der Waals surface area (Å²) in [6, 6.07) is 12.1. The molecule has 108 valence electrons. The summed E-state index contributed by atoms with van der Waals surface area (Å²) in [4.78, 5) is 13.9. The maximum atomic E-state index is 12.6. The van der Waals surface area contributed by atoms with Gasteiger partial charge in [0.2, 0.25) is 5.91 Å². The van der Waals surface area contributed by atoms with Gasteiger partial charge in [-0.2, -0.15) is 13.2 Å². The van der Waals surface area contributed by atoms with Gasteiger partial charge in [0.25, 0.3) is 0 Å². The van der Waals surface area contributed by atoms with E-state index in [1.54, 1.807) is 7.05 Å². The lowest BCUT2D eigenvalue weighted by Crippen LogP contribution is -2.24. The number of hydrogen-bond acceptors (Lipinski definition) is 1. The molecule has 0 saturated heterocycles. The standard InChI is InChI=1S/C16H12F3NO/c1-20-13-5-3-2-4-12(13)14(15(20)21)10-6-8-11(9-7-10)16(17,18)19/h2-9,14H,1H3. The lowest BCUT2D eigenvalue weighted by Gasteiger charge is -2.13. The van der Waals surface area contributed by atoms with Gasteiger partial charge in [0.15, 0.2) is 0 Å². The van der Waals surface area contributed by atoms with E-state index in [9.17, 15) is 18.0 Å². The first kappa shape index (κ1) is 13.7. The van der Waals surface area contributed by atoms with Crippen LogP contribution in [0.2, 0.25) is 0 Å². The van der Waals surface area contributed by atoms with Gasteiger partial charge in [0, 0.05) is 12.7 Å². The van der Waals surface area contributed by atoms with E-state index in [2.05, 4.69) is 0 Å². The van der Waals surface area contributed by atoms with Crippen LogP contribution in [0.3, 0.4) is 0 Å². The largest absolute Gasteiger partial charge is 0.416 e. The second-order valence-corrected chi connectivity index (χ2v) is 5.01. The van der Waals surface area contributed by atoms with Gasteiger partial charge in [-0.25, -0.2) is 0 Å². The number of para-hydroxylation sites is 1. The van der Waals surface area contributed by atoms with Crippen molar-refractivity contribution in [2.75, 3.05) is 11.9 Å². The van der Waals surface area contributed by atoms with E-state index in [0.717, 1.165) is 23.4 Å². The molecular formula is C16H12F3NO. The molecule has 2 nitrogen and oxygen atoms in total. The van der Waals surface area contributed by atoms with E-state index < -0.39 is 17.7 Å². The third kappa shape index (κ3) is 2.18. The Labute approximate surface area is 119 Å². The van der Waals surface area contributed by atoms with Crippen LogP contribution in [0, 0.1) is 0 Å². The van der Waals surface area contributed by atoms with Crippen molar-refractivity contribution in [3.8, 4) is 0 Å². The zero-order valence-electron chi connectivity index (χ0n) is 11.2. The number of halogens is 3. The Morgan fingerprint density at radius 2 is 1.62 bits per heavy atom. The number of anilines is 1. The summed E-state index contributed by atoms with van der Waals surface area (Å²) in [5.74, 6) is -0.663. The number of rotatable bonds is 1. The normalized spacial score (nSPS) is 18.0. The van der Waals surface area contributed by atoms with Crippen LogP contribution < -0.4 is 4.90 Å². The first-order valence-electron chi connectivity index (χ1n) is 6.43. The van der Waals surface area contributed by atoms with Crippen LogP contribution >= 0.6 is 0 Å². The topological polar surface area (TPSA) is 20.3 Å². The van der Waals surface area contributed by atoms with E-state index in [1.165, 1.54) is 17.0 Å². The molecule has 0 saturated carbocycles. The van der Waals surface area contributed by atoms with Crippen molar-refractivity contribution >= 4 is 11.6 Å². The zero-order valence-corrected chi connectivity index (χ0v) is 11.2. The maximum absolute atomic E-state index is 12.6. The second-order valence-electron chi connectivity index (χ2n) is 5.01. The van der Waals surface area contributed by atoms with Crippen LogP contribution in [0.15, 0.2) is 48.5 Å². The monoisotopic (exact) mass is 291 g/mol. The highest BCUT2D eigenvalue weighted by Crippen LogP contribution is 2.40. The Balaban J connectivity index is 2.03. The Morgan fingerprint density at radius 3 is 2.24 bits per heavy atom. The molecule has 1 aliphatic heterocycles. The molecule has 0 fully saturated rings. The average molecular weight is 291 g/mol. The molecule has 21 heavy (non-hydrogen) atoms. The van der Waals surface area contributed by atoms with Gasteiger partial charge in [-0.3, -0.25) is 4.79 Å². The number of likely N-dealkylation sites (N-methyl/N-ethyl adjacent to an activating group) is 1. The van der Waals surface area contributed by atoms with Crippen LogP contribution in [0.4, 0.5) is 18.9 Å². The zero-order chi connectivity index (χ0) is 15.2. The van der Waals surface area contributed by atoms with Crippen LogP contribution in [-0.2, 0) is 11.0 Å². The third-order valence-corrected chi connectivity index (χ3v) is 3.76. The van der Waals surface area contributed by atoms with Gasteiger partial charge in [-0.05, 0) is 29.3 Å².